The summed E-state index contributed by atoms with van der Waals surface area (Å²) < 4.78 is 0. The second-order valence-corrected chi connectivity index (χ2v) is 5.97. The molecule has 96 valence electrons. The molecular formula is C15H31N. The second kappa shape index (κ2) is 7.32. The highest BCUT2D eigenvalue weighted by Crippen LogP contribution is 2.29. The van der Waals surface area contributed by atoms with Gasteiger partial charge in [0.25, 0.3) is 0 Å². The van der Waals surface area contributed by atoms with Crippen LogP contribution in [0.5, 0.6) is 0 Å². The molecule has 0 spiro atoms. The van der Waals surface area contributed by atoms with Gasteiger partial charge in [0, 0.05) is 12.1 Å². The van der Waals surface area contributed by atoms with E-state index in [2.05, 4.69) is 33.0 Å². The van der Waals surface area contributed by atoms with Crippen molar-refractivity contribution in [3.63, 3.8) is 0 Å². The Morgan fingerprint density at radius 3 is 2.31 bits per heavy atom. The number of unbranched alkanes of at least 4 members (excludes halogenated alkanes) is 2. The fraction of sp³-hybridized carbons (Fsp3) is 1.00. The van der Waals surface area contributed by atoms with Crippen molar-refractivity contribution < 1.29 is 0 Å². The number of hydrogen-bond acceptors (Lipinski definition) is 1. The third kappa shape index (κ3) is 4.45. The second-order valence-electron chi connectivity index (χ2n) is 5.97. The first-order valence-corrected chi connectivity index (χ1v) is 7.41. The van der Waals surface area contributed by atoms with E-state index in [0.717, 1.165) is 17.9 Å². The number of rotatable bonds is 6. The third-order valence-corrected chi connectivity index (χ3v) is 4.26. The van der Waals surface area contributed by atoms with Gasteiger partial charge in [-0.25, -0.2) is 0 Å². The van der Waals surface area contributed by atoms with Gasteiger partial charge in [-0.3, -0.25) is 0 Å². The van der Waals surface area contributed by atoms with Gasteiger partial charge in [0.05, 0.1) is 0 Å². The van der Waals surface area contributed by atoms with E-state index < -0.39 is 0 Å². The largest absolute Gasteiger partial charge is 0.311 e. The molecule has 1 aliphatic rings. The van der Waals surface area contributed by atoms with Crippen molar-refractivity contribution in [1.82, 2.24) is 5.32 Å². The lowest BCUT2D eigenvalue weighted by atomic mass is 9.78. The minimum absolute atomic E-state index is 0.708. The van der Waals surface area contributed by atoms with Crippen molar-refractivity contribution in [1.29, 1.82) is 0 Å². The molecule has 1 fully saturated rings. The minimum Gasteiger partial charge on any atom is -0.311 e. The summed E-state index contributed by atoms with van der Waals surface area (Å²) in [5.41, 5.74) is 0. The molecule has 0 aromatic rings. The van der Waals surface area contributed by atoms with Crippen molar-refractivity contribution in [3.05, 3.63) is 0 Å². The summed E-state index contributed by atoms with van der Waals surface area (Å²) in [6.45, 7) is 9.49. The Kier molecular flexibility index (Phi) is 6.41. The van der Waals surface area contributed by atoms with Crippen molar-refractivity contribution in [3.8, 4) is 0 Å². The van der Waals surface area contributed by atoms with Crippen LogP contribution in [0.2, 0.25) is 0 Å². The Balaban J connectivity index is 2.27. The Morgan fingerprint density at radius 2 is 1.75 bits per heavy atom. The summed E-state index contributed by atoms with van der Waals surface area (Å²) in [4.78, 5) is 0. The van der Waals surface area contributed by atoms with Crippen LogP contribution >= 0.6 is 0 Å². The lowest BCUT2D eigenvalue weighted by Gasteiger charge is -2.37. The first kappa shape index (κ1) is 14.0. The van der Waals surface area contributed by atoms with E-state index in [9.17, 15) is 0 Å². The van der Waals surface area contributed by atoms with E-state index >= 15 is 0 Å². The fourth-order valence-electron chi connectivity index (χ4n) is 3.12. The molecule has 3 unspecified atom stereocenters. The van der Waals surface area contributed by atoms with Gasteiger partial charge in [-0.15, -0.1) is 0 Å². The third-order valence-electron chi connectivity index (χ3n) is 4.26. The predicted octanol–water partition coefficient (Wildman–Crippen LogP) is 4.37. The van der Waals surface area contributed by atoms with Gasteiger partial charge in [-0.05, 0) is 38.0 Å². The Bertz CT molecular complexity index is 168. The molecule has 0 aliphatic heterocycles. The molecule has 0 radical (unpaired) electrons. The van der Waals surface area contributed by atoms with Crippen LogP contribution in [0.15, 0.2) is 0 Å². The average molecular weight is 225 g/mol. The van der Waals surface area contributed by atoms with E-state index in [1.54, 1.807) is 0 Å². The summed E-state index contributed by atoms with van der Waals surface area (Å²) in [5, 5.41) is 3.88. The summed E-state index contributed by atoms with van der Waals surface area (Å²) >= 11 is 0. The van der Waals surface area contributed by atoms with Crippen LogP contribution in [0.1, 0.15) is 72.6 Å². The Hall–Kier alpha value is -0.0400. The predicted molar refractivity (Wildman–Crippen MR) is 72.7 cm³/mol. The molecular weight excluding hydrogens is 194 g/mol. The molecule has 1 rings (SSSR count). The van der Waals surface area contributed by atoms with E-state index in [4.69, 9.17) is 0 Å². The molecule has 1 saturated carbocycles. The maximum atomic E-state index is 3.88. The molecule has 0 aromatic carbocycles. The van der Waals surface area contributed by atoms with E-state index in [0.29, 0.717) is 6.04 Å². The average Bonchev–Trinajstić information content (AvgIpc) is 2.24. The molecule has 16 heavy (non-hydrogen) atoms. The monoisotopic (exact) mass is 225 g/mol. The van der Waals surface area contributed by atoms with Crippen LogP contribution in [0.4, 0.5) is 0 Å². The molecule has 0 aromatic heterocycles. The van der Waals surface area contributed by atoms with E-state index in [-0.39, 0.29) is 0 Å². The van der Waals surface area contributed by atoms with E-state index in [1.165, 1.54) is 44.9 Å². The topological polar surface area (TPSA) is 12.0 Å². The zero-order valence-corrected chi connectivity index (χ0v) is 11.8. The van der Waals surface area contributed by atoms with Crippen molar-refractivity contribution in [2.45, 2.75) is 84.7 Å². The van der Waals surface area contributed by atoms with Crippen LogP contribution < -0.4 is 5.32 Å². The van der Waals surface area contributed by atoms with Gasteiger partial charge in [0.1, 0.15) is 0 Å². The highest BCUT2D eigenvalue weighted by Gasteiger charge is 2.28. The van der Waals surface area contributed by atoms with Crippen LogP contribution in [0, 0.1) is 11.8 Å². The highest BCUT2D eigenvalue weighted by atomic mass is 15.0. The lowest BCUT2D eigenvalue weighted by Crippen LogP contribution is -2.46. The molecule has 1 N–H and O–H groups in total. The molecule has 0 heterocycles. The smallest absolute Gasteiger partial charge is 0.0121 e. The zero-order valence-electron chi connectivity index (χ0n) is 11.8. The molecule has 0 saturated heterocycles. The quantitative estimate of drug-likeness (QED) is 0.662. The SMILES string of the molecule is CCCCCC(C)NC1C(C)CCCC1C. The normalized spacial score (nSPS) is 32.6. The van der Waals surface area contributed by atoms with Crippen LogP contribution in [-0.2, 0) is 0 Å². The first-order chi connectivity index (χ1) is 7.65. The zero-order chi connectivity index (χ0) is 12.0. The maximum absolute atomic E-state index is 3.88. The van der Waals surface area contributed by atoms with Crippen LogP contribution in [0.25, 0.3) is 0 Å². The van der Waals surface area contributed by atoms with Crippen LogP contribution in [-0.4, -0.2) is 12.1 Å². The maximum Gasteiger partial charge on any atom is 0.0121 e. The van der Waals surface area contributed by atoms with E-state index in [1.807, 2.05) is 0 Å². The van der Waals surface area contributed by atoms with Crippen molar-refractivity contribution in [2.24, 2.45) is 11.8 Å². The van der Waals surface area contributed by atoms with Gasteiger partial charge in [0.2, 0.25) is 0 Å². The molecule has 1 nitrogen and oxygen atoms in total. The minimum atomic E-state index is 0.708. The molecule has 0 bridgehead atoms. The first-order valence-electron chi connectivity index (χ1n) is 7.41. The molecule has 1 heteroatoms. The van der Waals surface area contributed by atoms with Crippen molar-refractivity contribution in [2.75, 3.05) is 0 Å². The summed E-state index contributed by atoms with van der Waals surface area (Å²) in [6, 6.07) is 1.48. The summed E-state index contributed by atoms with van der Waals surface area (Å²) in [6.07, 6.45) is 9.74. The van der Waals surface area contributed by atoms with Gasteiger partial charge in [-0.2, -0.15) is 0 Å². The Morgan fingerprint density at radius 1 is 1.12 bits per heavy atom. The molecule has 3 atom stereocenters. The standard InChI is InChI=1S/C15H31N/c1-5-6-7-11-14(4)16-15-12(2)9-8-10-13(15)3/h12-16H,5-11H2,1-4H3. The van der Waals surface area contributed by atoms with Crippen LogP contribution in [0.3, 0.4) is 0 Å². The highest BCUT2D eigenvalue weighted by molar-refractivity contribution is 4.85. The van der Waals surface area contributed by atoms with Gasteiger partial charge in [-0.1, -0.05) is 46.5 Å². The van der Waals surface area contributed by atoms with Gasteiger partial charge in [0.15, 0.2) is 0 Å². The number of nitrogens with one attached hydrogen (secondary N) is 1. The van der Waals surface area contributed by atoms with Gasteiger partial charge < -0.3 is 5.32 Å². The fourth-order valence-corrected chi connectivity index (χ4v) is 3.12. The van der Waals surface area contributed by atoms with Crippen molar-refractivity contribution >= 4 is 0 Å². The molecule has 1 aliphatic carbocycles. The lowest BCUT2D eigenvalue weighted by molar-refractivity contribution is 0.192. The van der Waals surface area contributed by atoms with Gasteiger partial charge >= 0.3 is 0 Å². The molecule has 0 amide bonds. The summed E-state index contributed by atoms with van der Waals surface area (Å²) in [5.74, 6) is 1.75. The number of hydrogen-bond donors (Lipinski definition) is 1. The summed E-state index contributed by atoms with van der Waals surface area (Å²) in [7, 11) is 0. The Labute approximate surface area is 102 Å².